The highest BCUT2D eigenvalue weighted by molar-refractivity contribution is 5.69. The maximum absolute atomic E-state index is 14.1. The molecule has 3 unspecified atom stereocenters. The molecule has 3 atom stereocenters. The monoisotopic (exact) mass is 380 g/mol. The van der Waals surface area contributed by atoms with Crippen LogP contribution in [0.2, 0.25) is 0 Å². The van der Waals surface area contributed by atoms with Crippen molar-refractivity contribution in [3.05, 3.63) is 29.8 Å². The number of hydrogen-bond acceptors (Lipinski definition) is 4. The number of fused-ring (bicyclic) bond motifs is 2. The van der Waals surface area contributed by atoms with E-state index in [1.54, 1.807) is 0 Å². The Morgan fingerprint density at radius 2 is 1.85 bits per heavy atom. The van der Waals surface area contributed by atoms with Gasteiger partial charge in [0.05, 0.1) is 18.3 Å². The lowest BCUT2D eigenvalue weighted by atomic mass is 9.83. The molecule has 3 aliphatic rings. The Bertz CT molecular complexity index is 688. The van der Waals surface area contributed by atoms with E-state index >= 15 is 0 Å². The third-order valence-electron chi connectivity index (χ3n) is 6.06. The lowest BCUT2D eigenvalue weighted by Crippen LogP contribution is -2.57. The molecular weight excluding hydrogens is 354 g/mol. The normalized spacial score (nSPS) is 30.9. The Labute approximate surface area is 157 Å². The second kappa shape index (κ2) is 7.62. The van der Waals surface area contributed by atoms with Crippen LogP contribution in [0.4, 0.5) is 19.3 Å². The van der Waals surface area contributed by atoms with Crippen molar-refractivity contribution >= 4 is 11.8 Å². The SMILES string of the molecule is O=C(OC1CCCN(c2ccc(F)cc2F)C1)N1C2CCCC1CC(O)C2. The number of aliphatic hydroxyl groups is 1. The van der Waals surface area contributed by atoms with Gasteiger partial charge in [-0.15, -0.1) is 0 Å². The number of carbonyl (C=O) groups is 1. The molecule has 3 fully saturated rings. The van der Waals surface area contributed by atoms with Crippen molar-refractivity contribution in [2.45, 2.75) is 69.2 Å². The van der Waals surface area contributed by atoms with Crippen molar-refractivity contribution in [3.63, 3.8) is 0 Å². The summed E-state index contributed by atoms with van der Waals surface area (Å²) in [6.07, 6.45) is 4.65. The highest BCUT2D eigenvalue weighted by Gasteiger charge is 2.42. The first-order chi connectivity index (χ1) is 13.0. The van der Waals surface area contributed by atoms with Gasteiger partial charge >= 0.3 is 6.09 Å². The van der Waals surface area contributed by atoms with Crippen LogP contribution in [0.15, 0.2) is 18.2 Å². The Hall–Kier alpha value is -1.89. The first kappa shape index (κ1) is 18.5. The van der Waals surface area contributed by atoms with Gasteiger partial charge in [-0.3, -0.25) is 0 Å². The van der Waals surface area contributed by atoms with Gasteiger partial charge in [0.1, 0.15) is 17.7 Å². The van der Waals surface area contributed by atoms with Crippen molar-refractivity contribution < 1.29 is 23.4 Å². The number of amides is 1. The molecule has 0 aliphatic carbocycles. The predicted octanol–water partition coefficient (Wildman–Crippen LogP) is 3.45. The molecule has 0 saturated carbocycles. The lowest BCUT2D eigenvalue weighted by Gasteiger charge is -2.47. The van der Waals surface area contributed by atoms with Gasteiger partial charge in [0.25, 0.3) is 0 Å². The maximum Gasteiger partial charge on any atom is 0.410 e. The minimum absolute atomic E-state index is 0.0502. The summed E-state index contributed by atoms with van der Waals surface area (Å²) in [5.74, 6) is -1.20. The van der Waals surface area contributed by atoms with Gasteiger partial charge in [-0.1, -0.05) is 0 Å². The second-order valence-corrected chi connectivity index (χ2v) is 7.96. The van der Waals surface area contributed by atoms with Gasteiger partial charge in [0, 0.05) is 24.7 Å². The molecule has 0 radical (unpaired) electrons. The molecule has 1 amide bonds. The van der Waals surface area contributed by atoms with Crippen LogP contribution in [-0.2, 0) is 4.74 Å². The van der Waals surface area contributed by atoms with Crippen molar-refractivity contribution in [2.24, 2.45) is 0 Å². The highest BCUT2D eigenvalue weighted by Crippen LogP contribution is 2.35. The number of aliphatic hydroxyl groups excluding tert-OH is 1. The van der Waals surface area contributed by atoms with E-state index < -0.39 is 11.6 Å². The van der Waals surface area contributed by atoms with Crippen LogP contribution in [0.25, 0.3) is 0 Å². The summed E-state index contributed by atoms with van der Waals surface area (Å²) >= 11 is 0. The summed E-state index contributed by atoms with van der Waals surface area (Å²) in [6.45, 7) is 1.05. The summed E-state index contributed by atoms with van der Waals surface area (Å²) in [7, 11) is 0. The fraction of sp³-hybridized carbons (Fsp3) is 0.650. The Kier molecular flexibility index (Phi) is 5.21. The van der Waals surface area contributed by atoms with Crippen molar-refractivity contribution in [1.82, 2.24) is 4.90 Å². The summed E-state index contributed by atoms with van der Waals surface area (Å²) in [6, 6.07) is 3.66. The molecule has 1 aromatic rings. The summed E-state index contributed by atoms with van der Waals surface area (Å²) in [5.41, 5.74) is 0.343. The maximum atomic E-state index is 14.1. The third kappa shape index (κ3) is 3.88. The van der Waals surface area contributed by atoms with Gasteiger partial charge in [-0.25, -0.2) is 13.6 Å². The molecule has 2 bridgehead atoms. The molecule has 4 rings (SSSR count). The summed E-state index contributed by atoms with van der Waals surface area (Å²) < 4.78 is 33.0. The second-order valence-electron chi connectivity index (χ2n) is 7.96. The van der Waals surface area contributed by atoms with E-state index in [2.05, 4.69) is 0 Å². The highest BCUT2D eigenvalue weighted by atomic mass is 19.1. The quantitative estimate of drug-likeness (QED) is 0.854. The van der Waals surface area contributed by atoms with Gasteiger partial charge in [0.2, 0.25) is 0 Å². The predicted molar refractivity (Wildman–Crippen MR) is 96.6 cm³/mol. The third-order valence-corrected chi connectivity index (χ3v) is 6.06. The molecule has 1 aromatic carbocycles. The molecule has 0 spiro atoms. The van der Waals surface area contributed by atoms with Crippen LogP contribution in [-0.4, -0.2) is 53.5 Å². The summed E-state index contributed by atoms with van der Waals surface area (Å²) in [5, 5.41) is 9.99. The largest absolute Gasteiger partial charge is 0.444 e. The van der Waals surface area contributed by atoms with E-state index in [9.17, 15) is 18.7 Å². The smallest absolute Gasteiger partial charge is 0.410 e. The number of ether oxygens (including phenoxy) is 1. The minimum atomic E-state index is -0.602. The Morgan fingerprint density at radius 3 is 2.56 bits per heavy atom. The van der Waals surface area contributed by atoms with Crippen LogP contribution >= 0.6 is 0 Å². The van der Waals surface area contributed by atoms with Crippen LogP contribution in [0.3, 0.4) is 0 Å². The number of piperidine rings is 3. The number of nitrogens with zero attached hydrogens (tertiary/aromatic N) is 2. The van der Waals surface area contributed by atoms with Gasteiger partial charge in [-0.05, 0) is 57.1 Å². The zero-order chi connectivity index (χ0) is 19.0. The Balaban J connectivity index is 1.41. The number of benzene rings is 1. The number of anilines is 1. The minimum Gasteiger partial charge on any atom is -0.444 e. The Morgan fingerprint density at radius 1 is 1.11 bits per heavy atom. The first-order valence-electron chi connectivity index (χ1n) is 9.88. The first-order valence-corrected chi connectivity index (χ1v) is 9.88. The summed E-state index contributed by atoms with van der Waals surface area (Å²) in [4.78, 5) is 16.5. The fourth-order valence-corrected chi connectivity index (χ4v) is 4.85. The molecule has 5 nitrogen and oxygen atoms in total. The topological polar surface area (TPSA) is 53.0 Å². The zero-order valence-corrected chi connectivity index (χ0v) is 15.3. The standard InChI is InChI=1S/C20H26F2N2O3/c21-13-6-7-19(18(22)9-13)23-8-2-5-17(12-23)27-20(26)24-14-3-1-4-15(24)11-16(25)10-14/h6-7,9,14-17,25H,1-5,8,10-12H2. The van der Waals surface area contributed by atoms with Crippen LogP contribution < -0.4 is 4.90 Å². The molecule has 3 saturated heterocycles. The van der Waals surface area contributed by atoms with E-state index in [-0.39, 0.29) is 30.4 Å². The lowest BCUT2D eigenvalue weighted by molar-refractivity contribution is -0.0347. The van der Waals surface area contributed by atoms with E-state index in [1.165, 1.54) is 12.1 Å². The number of rotatable bonds is 2. The molecule has 1 N–H and O–H groups in total. The molecule has 27 heavy (non-hydrogen) atoms. The van der Waals surface area contributed by atoms with Crippen LogP contribution in [0.1, 0.15) is 44.9 Å². The van der Waals surface area contributed by atoms with Crippen LogP contribution in [0, 0.1) is 11.6 Å². The van der Waals surface area contributed by atoms with Gasteiger partial charge in [-0.2, -0.15) is 0 Å². The van der Waals surface area contributed by atoms with Crippen LogP contribution in [0.5, 0.6) is 0 Å². The molecule has 7 heteroatoms. The van der Waals surface area contributed by atoms with Crippen molar-refractivity contribution in [1.29, 1.82) is 0 Å². The van der Waals surface area contributed by atoms with Gasteiger partial charge in [0.15, 0.2) is 0 Å². The number of carbonyl (C=O) groups excluding carboxylic acids is 1. The molecule has 0 aromatic heterocycles. The average molecular weight is 380 g/mol. The van der Waals surface area contributed by atoms with Gasteiger partial charge < -0.3 is 19.6 Å². The fourth-order valence-electron chi connectivity index (χ4n) is 4.85. The number of halogens is 2. The average Bonchev–Trinajstić information content (AvgIpc) is 2.61. The molecule has 3 heterocycles. The number of hydrogen-bond donors (Lipinski definition) is 1. The zero-order valence-electron chi connectivity index (χ0n) is 15.3. The molecular formula is C20H26F2N2O3. The molecule has 3 aliphatic heterocycles. The van der Waals surface area contributed by atoms with E-state index in [0.717, 1.165) is 38.2 Å². The van der Waals surface area contributed by atoms with Crippen molar-refractivity contribution in [3.8, 4) is 0 Å². The van der Waals surface area contributed by atoms with E-state index in [0.29, 0.717) is 31.6 Å². The molecule has 148 valence electrons. The van der Waals surface area contributed by atoms with Crippen molar-refractivity contribution in [2.75, 3.05) is 18.0 Å². The van der Waals surface area contributed by atoms with E-state index in [4.69, 9.17) is 4.74 Å². The van der Waals surface area contributed by atoms with E-state index in [1.807, 2.05) is 9.80 Å².